The molecule has 2 atom stereocenters. The van der Waals surface area contributed by atoms with Crippen LogP contribution in [-0.2, 0) is 0 Å². The topological polar surface area (TPSA) is 62.1 Å². The van der Waals surface area contributed by atoms with Gasteiger partial charge in [0.2, 0.25) is 0 Å². The molecule has 5 N–H and O–H groups in total. The summed E-state index contributed by atoms with van der Waals surface area (Å²) in [5.41, 5.74) is 0. The third kappa shape index (κ3) is 7.55. The van der Waals surface area contributed by atoms with E-state index in [0.717, 1.165) is 6.54 Å². The summed E-state index contributed by atoms with van der Waals surface area (Å²) >= 11 is 0. The van der Waals surface area contributed by atoms with Crippen LogP contribution < -0.4 is 19.7 Å². The fourth-order valence-corrected chi connectivity index (χ4v) is 9.96. The molecule has 0 heterocycles. The maximum absolute atomic E-state index is 5.96. The van der Waals surface area contributed by atoms with Gasteiger partial charge >= 0.3 is 0 Å². The average Bonchev–Trinajstić information content (AvgIpc) is 2.12. The Morgan fingerprint density at radius 2 is 2.00 bits per heavy atom. The highest BCUT2D eigenvalue weighted by Gasteiger charge is 2.11. The lowest BCUT2D eigenvalue weighted by atomic mass is 10.8. The largest absolute Gasteiger partial charge is 0.355 e. The van der Waals surface area contributed by atoms with Crippen molar-refractivity contribution in [1.29, 1.82) is 0 Å². The molecule has 0 spiro atoms. The van der Waals surface area contributed by atoms with Crippen molar-refractivity contribution in [3.63, 3.8) is 0 Å². The van der Waals surface area contributed by atoms with Gasteiger partial charge in [-0.15, -0.1) is 0 Å². The molecule has 0 aliphatic rings. The van der Waals surface area contributed by atoms with E-state index in [0.29, 0.717) is 0 Å². The van der Waals surface area contributed by atoms with Crippen molar-refractivity contribution >= 4 is 28.1 Å². The Morgan fingerprint density at radius 1 is 1.31 bits per heavy atom. The van der Waals surface area contributed by atoms with Gasteiger partial charge in [0.25, 0.3) is 9.28 Å². The smallest absolute Gasteiger partial charge is 0.255 e. The molecular formula is C6H24N4Si3. The van der Waals surface area contributed by atoms with Crippen LogP contribution in [0.1, 0.15) is 20.8 Å². The zero-order valence-electron chi connectivity index (χ0n) is 9.06. The summed E-state index contributed by atoms with van der Waals surface area (Å²) in [5, 5.41) is 5.96. The van der Waals surface area contributed by atoms with Crippen LogP contribution in [0, 0.1) is 0 Å². The normalized spacial score (nSPS) is 16.6. The molecule has 0 aliphatic carbocycles. The summed E-state index contributed by atoms with van der Waals surface area (Å²) < 4.78 is 7.26. The van der Waals surface area contributed by atoms with Gasteiger partial charge in [-0.3, -0.25) is 0 Å². The van der Waals surface area contributed by atoms with Crippen molar-refractivity contribution in [2.75, 3.05) is 6.54 Å². The average molecular weight is 237 g/mol. The zero-order valence-corrected chi connectivity index (χ0v) is 12.8. The lowest BCUT2D eigenvalue weighted by Crippen LogP contribution is -2.64. The Kier molecular flexibility index (Phi) is 9.40. The van der Waals surface area contributed by atoms with E-state index in [1.165, 1.54) is 12.1 Å². The predicted molar refractivity (Wildman–Crippen MR) is 67.9 cm³/mol. The maximum atomic E-state index is 5.96. The van der Waals surface area contributed by atoms with Gasteiger partial charge in [-0.1, -0.05) is 26.8 Å². The first-order valence-electron chi connectivity index (χ1n) is 5.22. The molecule has 0 saturated carbocycles. The molecular weight excluding hydrogens is 212 g/mol. The highest BCUT2D eigenvalue weighted by atomic mass is 28.4. The van der Waals surface area contributed by atoms with Crippen LogP contribution in [0.25, 0.3) is 0 Å². The molecule has 2 unspecified atom stereocenters. The van der Waals surface area contributed by atoms with Gasteiger partial charge in [0.05, 0.1) is 9.68 Å². The first kappa shape index (κ1) is 13.5. The minimum Gasteiger partial charge on any atom is -0.355 e. The molecule has 0 aromatic carbocycles. The second-order valence-electron chi connectivity index (χ2n) is 3.12. The lowest BCUT2D eigenvalue weighted by molar-refractivity contribution is 0.957. The highest BCUT2D eigenvalue weighted by Crippen LogP contribution is 1.81. The molecule has 7 heteroatoms. The van der Waals surface area contributed by atoms with Crippen LogP contribution in [0.5, 0.6) is 0 Å². The summed E-state index contributed by atoms with van der Waals surface area (Å²) in [4.78, 5) is 3.30. The molecule has 0 bridgehead atoms. The van der Waals surface area contributed by atoms with Crippen LogP contribution in [0.2, 0.25) is 12.1 Å². The molecule has 0 aromatic heterocycles. The number of rotatable bonds is 8. The van der Waals surface area contributed by atoms with Crippen molar-refractivity contribution in [2.45, 2.75) is 32.9 Å². The molecule has 0 aliphatic heterocycles. The summed E-state index contributed by atoms with van der Waals surface area (Å²) in [6, 6.07) is 2.59. The van der Waals surface area contributed by atoms with Gasteiger partial charge in [0, 0.05) is 0 Å². The third-order valence-electron chi connectivity index (χ3n) is 1.85. The van der Waals surface area contributed by atoms with E-state index in [-0.39, 0.29) is 9.68 Å². The van der Waals surface area contributed by atoms with Crippen LogP contribution in [-0.4, -0.2) is 34.6 Å². The van der Waals surface area contributed by atoms with E-state index in [4.69, 9.17) is 5.40 Å². The standard InChI is InChI=1S/C6H24N4Si3/c1-4-8-13(7)10-12(6-3)9-11-5-2/h8-10,12-13H,4-7,11H2,1-3H3. The van der Waals surface area contributed by atoms with E-state index in [1.54, 1.807) is 0 Å². The summed E-state index contributed by atoms with van der Waals surface area (Å²) in [6.07, 6.45) is 0. The van der Waals surface area contributed by atoms with Crippen LogP contribution in [0.4, 0.5) is 0 Å². The van der Waals surface area contributed by atoms with Crippen LogP contribution >= 0.6 is 0 Å². The molecule has 80 valence electrons. The quantitative estimate of drug-likeness (QED) is 0.376. The molecule has 0 rings (SSSR count). The van der Waals surface area contributed by atoms with Crippen molar-refractivity contribution in [2.24, 2.45) is 5.40 Å². The molecule has 0 amide bonds. The number of nitrogens with two attached hydrogens (primary N) is 1. The van der Waals surface area contributed by atoms with Gasteiger partial charge in [-0.25, -0.2) is 0 Å². The third-order valence-corrected chi connectivity index (χ3v) is 10.2. The molecule has 0 fully saturated rings. The highest BCUT2D eigenvalue weighted by molar-refractivity contribution is 6.73. The van der Waals surface area contributed by atoms with Crippen LogP contribution in [0.3, 0.4) is 0 Å². The van der Waals surface area contributed by atoms with Crippen molar-refractivity contribution in [1.82, 2.24) is 14.3 Å². The number of hydrogen-bond donors (Lipinski definition) is 4. The first-order chi connectivity index (χ1) is 6.24. The van der Waals surface area contributed by atoms with E-state index >= 15 is 0 Å². The van der Waals surface area contributed by atoms with Gasteiger partial charge in [0.1, 0.15) is 0 Å². The monoisotopic (exact) mass is 236 g/mol. The summed E-state index contributed by atoms with van der Waals surface area (Å²) in [7, 11) is -2.19. The van der Waals surface area contributed by atoms with Gasteiger partial charge in [0.15, 0.2) is 9.12 Å². The minimum absolute atomic E-state index is 0.00552. The molecule has 0 aromatic rings. The van der Waals surface area contributed by atoms with Gasteiger partial charge in [-0.2, -0.15) is 0 Å². The van der Waals surface area contributed by atoms with Gasteiger partial charge < -0.3 is 19.7 Å². The first-order valence-corrected chi connectivity index (χ1v) is 10.7. The second kappa shape index (κ2) is 9.06. The molecule has 13 heavy (non-hydrogen) atoms. The Morgan fingerprint density at radius 3 is 2.46 bits per heavy atom. The van der Waals surface area contributed by atoms with Gasteiger partial charge in [-0.05, 0) is 12.6 Å². The van der Waals surface area contributed by atoms with E-state index in [9.17, 15) is 0 Å². The van der Waals surface area contributed by atoms with E-state index < -0.39 is 18.4 Å². The Hall–Kier alpha value is 0.491. The molecule has 4 nitrogen and oxygen atoms in total. The van der Waals surface area contributed by atoms with E-state index in [1.807, 2.05) is 0 Å². The predicted octanol–water partition coefficient (Wildman–Crippen LogP) is -1.79. The van der Waals surface area contributed by atoms with E-state index in [2.05, 4.69) is 35.0 Å². The fourth-order valence-electron chi connectivity index (χ4n) is 1.14. The Labute approximate surface area is 87.6 Å². The Balaban J connectivity index is 3.56. The lowest BCUT2D eigenvalue weighted by Gasteiger charge is -2.20. The van der Waals surface area contributed by atoms with Crippen molar-refractivity contribution in [3.05, 3.63) is 0 Å². The number of hydrogen-bond acceptors (Lipinski definition) is 4. The number of nitrogens with one attached hydrogen (secondary N) is 3. The minimum atomic E-state index is -1.30. The molecule has 0 radical (unpaired) electrons. The maximum Gasteiger partial charge on any atom is 0.255 e. The van der Waals surface area contributed by atoms with Crippen molar-refractivity contribution < 1.29 is 0 Å². The molecule has 0 saturated heterocycles. The SMILES string of the molecule is CCN[SiH](N)N[SiH](CC)N[SiH2]CC. The second-order valence-corrected chi connectivity index (χ2v) is 10.9. The Bertz CT molecular complexity index is 116. The summed E-state index contributed by atoms with van der Waals surface area (Å²) in [5.74, 6) is 0. The fraction of sp³-hybridized carbons (Fsp3) is 1.00. The van der Waals surface area contributed by atoms with Crippen LogP contribution in [0.15, 0.2) is 0 Å². The van der Waals surface area contributed by atoms with Crippen molar-refractivity contribution in [3.8, 4) is 0 Å². The zero-order chi connectivity index (χ0) is 10.1. The summed E-state index contributed by atoms with van der Waals surface area (Å²) in [6.45, 7) is 7.58.